The molecule has 1 aromatic heterocycles. The summed E-state index contributed by atoms with van der Waals surface area (Å²) < 4.78 is 39.5. The summed E-state index contributed by atoms with van der Waals surface area (Å²) in [6.45, 7) is 0.0534. The van der Waals surface area contributed by atoms with Crippen LogP contribution >= 0.6 is 0 Å². The van der Waals surface area contributed by atoms with Gasteiger partial charge in [0, 0.05) is 52.0 Å². The van der Waals surface area contributed by atoms with Crippen LogP contribution in [0.5, 0.6) is 0 Å². The molecule has 2 amide bonds. The molecule has 2 saturated heterocycles. The van der Waals surface area contributed by atoms with Gasteiger partial charge in [0.15, 0.2) is 0 Å². The van der Waals surface area contributed by atoms with E-state index in [-0.39, 0.29) is 24.9 Å². The Labute approximate surface area is 142 Å². The number of carbonyl (C=O) groups excluding carboxylic acids is 2. The molecule has 3 rings (SSSR count). The van der Waals surface area contributed by atoms with E-state index < -0.39 is 24.5 Å². The van der Waals surface area contributed by atoms with Crippen molar-refractivity contribution in [1.82, 2.24) is 24.7 Å². The van der Waals surface area contributed by atoms with Gasteiger partial charge in [-0.3, -0.25) is 9.59 Å². The summed E-state index contributed by atoms with van der Waals surface area (Å²) in [6.07, 6.45) is -1.22. The number of nitrogens with one attached hydrogen (secondary N) is 1. The van der Waals surface area contributed by atoms with E-state index in [2.05, 4.69) is 10.3 Å². The number of halogens is 3. The van der Waals surface area contributed by atoms with Gasteiger partial charge in [-0.1, -0.05) is 0 Å². The second kappa shape index (κ2) is 6.66. The summed E-state index contributed by atoms with van der Waals surface area (Å²) in [7, 11) is 1.82. The number of hydrogen-bond acceptors (Lipinski definition) is 4. The third kappa shape index (κ3) is 3.78. The summed E-state index contributed by atoms with van der Waals surface area (Å²) in [6, 6.07) is -0.298. The second-order valence-corrected chi connectivity index (χ2v) is 6.44. The molecule has 3 heterocycles. The number of imidazole rings is 1. The average molecular weight is 359 g/mol. The van der Waals surface area contributed by atoms with Crippen molar-refractivity contribution in [2.75, 3.05) is 32.7 Å². The molecule has 7 nitrogen and oxygen atoms in total. The van der Waals surface area contributed by atoms with Gasteiger partial charge in [0.25, 0.3) is 0 Å². The van der Waals surface area contributed by atoms with Crippen LogP contribution in [0.15, 0.2) is 12.4 Å². The highest BCUT2D eigenvalue weighted by atomic mass is 19.4. The van der Waals surface area contributed by atoms with Crippen molar-refractivity contribution in [3.05, 3.63) is 18.2 Å². The van der Waals surface area contributed by atoms with Gasteiger partial charge in [-0.25, -0.2) is 4.98 Å². The maximum Gasteiger partial charge on any atom is 0.406 e. The molecule has 0 aromatic carbocycles. The number of carbonyl (C=O) groups is 2. The molecule has 0 spiro atoms. The molecule has 2 unspecified atom stereocenters. The summed E-state index contributed by atoms with van der Waals surface area (Å²) in [5.74, 6) is -0.945. The molecule has 138 valence electrons. The Morgan fingerprint density at radius 2 is 2.20 bits per heavy atom. The van der Waals surface area contributed by atoms with Crippen molar-refractivity contribution in [1.29, 1.82) is 0 Å². The molecule has 10 heteroatoms. The van der Waals surface area contributed by atoms with Crippen LogP contribution in [0.1, 0.15) is 18.3 Å². The molecule has 2 fully saturated rings. The number of piperazine rings is 1. The predicted molar refractivity (Wildman–Crippen MR) is 81.3 cm³/mol. The average Bonchev–Trinajstić information content (AvgIpc) is 3.11. The van der Waals surface area contributed by atoms with Crippen molar-refractivity contribution in [2.24, 2.45) is 13.0 Å². The van der Waals surface area contributed by atoms with Crippen molar-refractivity contribution >= 4 is 11.8 Å². The Morgan fingerprint density at radius 3 is 2.84 bits per heavy atom. The van der Waals surface area contributed by atoms with Crippen molar-refractivity contribution in [3.8, 4) is 0 Å². The summed E-state index contributed by atoms with van der Waals surface area (Å²) >= 11 is 0. The lowest BCUT2D eigenvalue weighted by Crippen LogP contribution is -2.51. The smallest absolute Gasteiger partial charge is 0.336 e. The molecule has 1 aromatic rings. The zero-order valence-corrected chi connectivity index (χ0v) is 13.8. The largest absolute Gasteiger partial charge is 0.406 e. The van der Waals surface area contributed by atoms with Crippen LogP contribution in [0.2, 0.25) is 0 Å². The van der Waals surface area contributed by atoms with Gasteiger partial charge >= 0.3 is 6.18 Å². The van der Waals surface area contributed by atoms with Crippen LogP contribution in [0.25, 0.3) is 0 Å². The van der Waals surface area contributed by atoms with E-state index in [0.717, 1.165) is 4.90 Å². The maximum atomic E-state index is 12.9. The number of aromatic nitrogens is 2. The van der Waals surface area contributed by atoms with Crippen LogP contribution in [0.3, 0.4) is 0 Å². The Morgan fingerprint density at radius 1 is 1.44 bits per heavy atom. The van der Waals surface area contributed by atoms with E-state index in [1.54, 1.807) is 17.3 Å². The minimum Gasteiger partial charge on any atom is -0.336 e. The molecular formula is C15H20F3N5O2. The SMILES string of the molecule is Cn1ccnc1C1CNCCN1C(=O)C1CC(=O)N(CC(F)(F)F)C1. The molecule has 2 atom stereocenters. The van der Waals surface area contributed by atoms with E-state index in [4.69, 9.17) is 0 Å². The molecule has 0 aliphatic carbocycles. The number of amides is 2. The van der Waals surface area contributed by atoms with Crippen molar-refractivity contribution < 1.29 is 22.8 Å². The lowest BCUT2D eigenvalue weighted by molar-refractivity contribution is -0.157. The predicted octanol–water partition coefficient (Wildman–Crippen LogP) is 0.304. The van der Waals surface area contributed by atoms with E-state index >= 15 is 0 Å². The Hall–Kier alpha value is -2.10. The van der Waals surface area contributed by atoms with Gasteiger partial charge in [-0.2, -0.15) is 13.2 Å². The highest BCUT2D eigenvalue weighted by molar-refractivity contribution is 5.89. The van der Waals surface area contributed by atoms with Crippen LogP contribution in [0, 0.1) is 5.92 Å². The first kappa shape index (κ1) is 17.7. The second-order valence-electron chi connectivity index (χ2n) is 6.44. The van der Waals surface area contributed by atoms with Gasteiger partial charge in [-0.05, 0) is 0 Å². The normalized spacial score (nSPS) is 24.9. The van der Waals surface area contributed by atoms with Gasteiger partial charge in [0.2, 0.25) is 11.8 Å². The lowest BCUT2D eigenvalue weighted by atomic mass is 10.0. The van der Waals surface area contributed by atoms with Crippen LogP contribution < -0.4 is 5.32 Å². The van der Waals surface area contributed by atoms with Crippen LogP contribution in [0.4, 0.5) is 13.2 Å². The van der Waals surface area contributed by atoms with Crippen molar-refractivity contribution in [2.45, 2.75) is 18.6 Å². The zero-order valence-electron chi connectivity index (χ0n) is 13.8. The number of rotatable bonds is 3. The lowest BCUT2D eigenvalue weighted by Gasteiger charge is -2.37. The van der Waals surface area contributed by atoms with E-state index in [1.807, 2.05) is 11.6 Å². The number of nitrogens with zero attached hydrogens (tertiary/aromatic N) is 4. The van der Waals surface area contributed by atoms with Crippen LogP contribution in [-0.2, 0) is 16.6 Å². The number of aryl methyl sites for hydroxylation is 1. The number of hydrogen-bond donors (Lipinski definition) is 1. The standard InChI is InChI=1S/C15H20F3N5O2/c1-21-4-3-20-13(21)11-7-19-2-5-23(11)14(25)10-6-12(24)22(8-10)9-15(16,17)18/h3-4,10-11,19H,2,5-9H2,1H3. The maximum absolute atomic E-state index is 12.9. The summed E-state index contributed by atoms with van der Waals surface area (Å²) in [5.41, 5.74) is 0. The monoisotopic (exact) mass is 359 g/mol. The summed E-state index contributed by atoms with van der Waals surface area (Å²) in [5, 5.41) is 3.20. The van der Waals surface area contributed by atoms with E-state index in [0.29, 0.717) is 25.5 Å². The number of alkyl halides is 3. The third-order valence-corrected chi connectivity index (χ3v) is 4.62. The van der Waals surface area contributed by atoms with Gasteiger partial charge < -0.3 is 19.7 Å². The molecule has 2 aliphatic heterocycles. The fourth-order valence-corrected chi connectivity index (χ4v) is 3.44. The third-order valence-electron chi connectivity index (χ3n) is 4.62. The van der Waals surface area contributed by atoms with E-state index in [9.17, 15) is 22.8 Å². The van der Waals surface area contributed by atoms with Crippen LogP contribution in [-0.4, -0.2) is 70.1 Å². The highest BCUT2D eigenvalue weighted by Gasteiger charge is 2.43. The highest BCUT2D eigenvalue weighted by Crippen LogP contribution is 2.28. The first-order valence-electron chi connectivity index (χ1n) is 8.09. The topological polar surface area (TPSA) is 70.5 Å². The zero-order chi connectivity index (χ0) is 18.2. The summed E-state index contributed by atoms with van der Waals surface area (Å²) in [4.78, 5) is 31.4. The molecule has 25 heavy (non-hydrogen) atoms. The van der Waals surface area contributed by atoms with Crippen molar-refractivity contribution in [3.63, 3.8) is 0 Å². The quantitative estimate of drug-likeness (QED) is 0.843. The Kier molecular flexibility index (Phi) is 4.72. The minimum absolute atomic E-state index is 0.174. The minimum atomic E-state index is -4.46. The van der Waals surface area contributed by atoms with Gasteiger partial charge in [0.05, 0.1) is 5.92 Å². The molecular weight excluding hydrogens is 339 g/mol. The first-order chi connectivity index (χ1) is 11.8. The fourth-order valence-electron chi connectivity index (χ4n) is 3.44. The molecule has 0 radical (unpaired) electrons. The molecule has 0 bridgehead atoms. The molecule has 0 saturated carbocycles. The van der Waals surface area contributed by atoms with Gasteiger partial charge in [0.1, 0.15) is 18.4 Å². The molecule has 1 N–H and O–H groups in total. The Bertz CT molecular complexity index is 660. The Balaban J connectivity index is 1.73. The first-order valence-corrected chi connectivity index (χ1v) is 8.09. The number of likely N-dealkylation sites (tertiary alicyclic amines) is 1. The molecule has 2 aliphatic rings. The van der Waals surface area contributed by atoms with Gasteiger partial charge in [-0.15, -0.1) is 0 Å². The van der Waals surface area contributed by atoms with E-state index in [1.165, 1.54) is 0 Å². The fraction of sp³-hybridized carbons (Fsp3) is 0.667.